The zero-order chi connectivity index (χ0) is 13.8. The zero-order valence-electron chi connectivity index (χ0n) is 11.0. The maximum atomic E-state index is 11.7. The minimum Gasteiger partial charge on any atom is -0.441 e. The van der Waals surface area contributed by atoms with Crippen LogP contribution in [0.2, 0.25) is 0 Å². The molecule has 1 heterocycles. The summed E-state index contributed by atoms with van der Waals surface area (Å²) in [7, 11) is 1.50. The highest BCUT2D eigenvalue weighted by Gasteiger charge is 2.13. The molecule has 0 radical (unpaired) electrons. The number of oxazole rings is 1. The van der Waals surface area contributed by atoms with E-state index in [1.807, 2.05) is 6.92 Å². The zero-order valence-corrected chi connectivity index (χ0v) is 11.0. The second-order valence-electron chi connectivity index (χ2n) is 4.19. The largest absolute Gasteiger partial charge is 0.441 e. The number of carbonyl (C=O) groups is 1. The van der Waals surface area contributed by atoms with Crippen LogP contribution >= 0.6 is 0 Å². The lowest BCUT2D eigenvalue weighted by molar-refractivity contribution is -0.118. The average Bonchev–Trinajstić information content (AvgIpc) is 2.81. The van der Waals surface area contributed by atoms with Crippen LogP contribution in [-0.2, 0) is 16.0 Å². The van der Waals surface area contributed by atoms with Gasteiger partial charge in [0.15, 0.2) is 11.5 Å². The maximum absolute atomic E-state index is 11.7. The van der Waals surface area contributed by atoms with E-state index in [9.17, 15) is 4.79 Å². The average molecular weight is 263 g/mol. The molecular formula is C13H17N3O3. The van der Waals surface area contributed by atoms with Gasteiger partial charge in [0.25, 0.3) is 0 Å². The molecule has 6 nitrogen and oxygen atoms in total. The highest BCUT2D eigenvalue weighted by atomic mass is 16.5. The number of methoxy groups -OCH3 is 1. The van der Waals surface area contributed by atoms with E-state index in [2.05, 4.69) is 10.3 Å². The Morgan fingerprint density at radius 3 is 3.05 bits per heavy atom. The Hall–Kier alpha value is -1.92. The molecule has 0 aliphatic heterocycles. The molecule has 6 heteroatoms. The number of carbonyl (C=O) groups excluding carboxylic acids is 1. The Bertz CT molecular complexity index is 580. The molecule has 0 aliphatic rings. The van der Waals surface area contributed by atoms with Crippen molar-refractivity contribution < 1.29 is 13.9 Å². The Morgan fingerprint density at radius 2 is 2.37 bits per heavy atom. The normalized spacial score (nSPS) is 12.6. The van der Waals surface area contributed by atoms with Gasteiger partial charge in [-0.3, -0.25) is 4.79 Å². The maximum Gasteiger partial charge on any atom is 0.243 e. The van der Waals surface area contributed by atoms with Crippen LogP contribution in [0.25, 0.3) is 11.1 Å². The summed E-state index contributed by atoms with van der Waals surface area (Å²) >= 11 is 0. The molecule has 1 atom stereocenters. The minimum absolute atomic E-state index is 0.179. The molecule has 1 amide bonds. The predicted octanol–water partition coefficient (Wildman–Crippen LogP) is 1.30. The molecule has 3 N–H and O–H groups in total. The number of benzene rings is 1. The van der Waals surface area contributed by atoms with Crippen molar-refractivity contribution in [2.24, 2.45) is 5.73 Å². The van der Waals surface area contributed by atoms with Crippen LogP contribution in [0.4, 0.5) is 5.69 Å². The van der Waals surface area contributed by atoms with Crippen LogP contribution in [0.3, 0.4) is 0 Å². The van der Waals surface area contributed by atoms with Crippen LogP contribution in [0.5, 0.6) is 0 Å². The molecular weight excluding hydrogens is 246 g/mol. The number of nitrogens with two attached hydrogens (primary N) is 1. The number of amides is 1. The molecule has 0 saturated carbocycles. The number of nitrogens with one attached hydrogen (secondary N) is 1. The summed E-state index contributed by atoms with van der Waals surface area (Å²) < 4.78 is 10.3. The molecule has 19 heavy (non-hydrogen) atoms. The van der Waals surface area contributed by atoms with E-state index in [0.717, 1.165) is 11.9 Å². The molecule has 2 rings (SSSR count). The van der Waals surface area contributed by atoms with Gasteiger partial charge in [-0.05, 0) is 18.2 Å². The van der Waals surface area contributed by atoms with Gasteiger partial charge in [-0.2, -0.15) is 0 Å². The number of fused-ring (bicyclic) bond motifs is 1. The molecule has 0 aliphatic carbocycles. The van der Waals surface area contributed by atoms with E-state index in [0.29, 0.717) is 17.2 Å². The number of hydrogen-bond donors (Lipinski definition) is 2. The van der Waals surface area contributed by atoms with Crippen LogP contribution in [-0.4, -0.2) is 30.6 Å². The van der Waals surface area contributed by atoms with Gasteiger partial charge in [0.1, 0.15) is 11.6 Å². The number of aryl methyl sites for hydroxylation is 1. The van der Waals surface area contributed by atoms with Gasteiger partial charge in [0, 0.05) is 19.2 Å². The molecule has 1 aromatic heterocycles. The van der Waals surface area contributed by atoms with Crippen molar-refractivity contribution in [3.05, 3.63) is 24.1 Å². The van der Waals surface area contributed by atoms with Crippen molar-refractivity contribution in [3.63, 3.8) is 0 Å². The van der Waals surface area contributed by atoms with E-state index in [1.54, 1.807) is 18.2 Å². The van der Waals surface area contributed by atoms with Crippen molar-refractivity contribution in [3.8, 4) is 0 Å². The molecule has 0 saturated heterocycles. The van der Waals surface area contributed by atoms with Crippen molar-refractivity contribution >= 4 is 22.7 Å². The Labute approximate surface area is 110 Å². The lowest BCUT2D eigenvalue weighted by atomic mass is 10.2. The summed E-state index contributed by atoms with van der Waals surface area (Å²) in [5, 5.41) is 2.72. The number of hydrogen-bond acceptors (Lipinski definition) is 5. The highest BCUT2D eigenvalue weighted by molar-refractivity contribution is 5.96. The number of rotatable bonds is 5. The second-order valence-corrected chi connectivity index (χ2v) is 4.19. The minimum atomic E-state index is -0.691. The first-order valence-corrected chi connectivity index (χ1v) is 6.09. The number of anilines is 1. The van der Waals surface area contributed by atoms with Crippen LogP contribution in [0.1, 0.15) is 12.8 Å². The van der Waals surface area contributed by atoms with Crippen molar-refractivity contribution in [1.29, 1.82) is 0 Å². The van der Waals surface area contributed by atoms with Gasteiger partial charge in [-0.1, -0.05) is 6.92 Å². The number of ether oxygens (including phenoxy) is 1. The Balaban J connectivity index is 2.14. The molecule has 1 aromatic carbocycles. The topological polar surface area (TPSA) is 90.4 Å². The lowest BCUT2D eigenvalue weighted by Crippen LogP contribution is -2.39. The van der Waals surface area contributed by atoms with E-state index < -0.39 is 6.04 Å². The number of aromatic nitrogens is 1. The van der Waals surface area contributed by atoms with Crippen molar-refractivity contribution in [2.45, 2.75) is 19.4 Å². The highest BCUT2D eigenvalue weighted by Crippen LogP contribution is 2.20. The van der Waals surface area contributed by atoms with Gasteiger partial charge < -0.3 is 20.2 Å². The van der Waals surface area contributed by atoms with Gasteiger partial charge in [0.2, 0.25) is 5.91 Å². The first kappa shape index (κ1) is 13.5. The van der Waals surface area contributed by atoms with E-state index in [4.69, 9.17) is 14.9 Å². The van der Waals surface area contributed by atoms with E-state index in [1.165, 1.54) is 7.11 Å². The van der Waals surface area contributed by atoms with Crippen LogP contribution < -0.4 is 11.1 Å². The summed E-state index contributed by atoms with van der Waals surface area (Å²) in [5.74, 6) is 0.384. The fourth-order valence-electron chi connectivity index (χ4n) is 1.69. The fourth-order valence-corrected chi connectivity index (χ4v) is 1.69. The summed E-state index contributed by atoms with van der Waals surface area (Å²) in [5.41, 5.74) is 7.70. The summed E-state index contributed by atoms with van der Waals surface area (Å²) in [4.78, 5) is 16.0. The second kappa shape index (κ2) is 5.81. The van der Waals surface area contributed by atoms with Gasteiger partial charge in [-0.15, -0.1) is 0 Å². The van der Waals surface area contributed by atoms with E-state index in [-0.39, 0.29) is 12.5 Å². The SMILES string of the molecule is CCc1nc2cc(NC(=O)C(N)COC)ccc2o1. The van der Waals surface area contributed by atoms with Crippen molar-refractivity contribution in [2.75, 3.05) is 19.0 Å². The first-order valence-electron chi connectivity index (χ1n) is 6.09. The monoisotopic (exact) mass is 263 g/mol. The molecule has 102 valence electrons. The Morgan fingerprint density at radius 1 is 1.58 bits per heavy atom. The molecule has 1 unspecified atom stereocenters. The van der Waals surface area contributed by atoms with Crippen LogP contribution in [0.15, 0.2) is 22.6 Å². The quantitative estimate of drug-likeness (QED) is 0.848. The predicted molar refractivity (Wildman–Crippen MR) is 71.9 cm³/mol. The molecule has 2 aromatic rings. The first-order chi connectivity index (χ1) is 9.13. The van der Waals surface area contributed by atoms with Gasteiger partial charge in [-0.25, -0.2) is 4.98 Å². The molecule has 0 bridgehead atoms. The van der Waals surface area contributed by atoms with Gasteiger partial charge >= 0.3 is 0 Å². The number of nitrogens with zero attached hydrogens (tertiary/aromatic N) is 1. The standard InChI is InChI=1S/C13H17N3O3/c1-3-12-16-10-6-8(4-5-11(10)19-12)15-13(17)9(14)7-18-2/h4-6,9H,3,7,14H2,1-2H3,(H,15,17). The third-order valence-electron chi connectivity index (χ3n) is 2.68. The summed E-state index contributed by atoms with van der Waals surface area (Å²) in [6, 6.07) is 4.60. The third kappa shape index (κ3) is 3.10. The lowest BCUT2D eigenvalue weighted by Gasteiger charge is -2.10. The van der Waals surface area contributed by atoms with E-state index >= 15 is 0 Å². The Kier molecular flexibility index (Phi) is 4.13. The summed E-state index contributed by atoms with van der Waals surface area (Å²) in [6.45, 7) is 2.15. The van der Waals surface area contributed by atoms with Gasteiger partial charge in [0.05, 0.1) is 6.61 Å². The smallest absolute Gasteiger partial charge is 0.243 e. The fraction of sp³-hybridized carbons (Fsp3) is 0.385. The molecule has 0 spiro atoms. The molecule has 0 fully saturated rings. The third-order valence-corrected chi connectivity index (χ3v) is 2.68. The van der Waals surface area contributed by atoms with Crippen LogP contribution in [0, 0.1) is 0 Å². The summed E-state index contributed by atoms with van der Waals surface area (Å²) in [6.07, 6.45) is 0.731. The van der Waals surface area contributed by atoms with Crippen molar-refractivity contribution in [1.82, 2.24) is 4.98 Å².